The van der Waals surface area contributed by atoms with Gasteiger partial charge in [-0.15, -0.1) is 0 Å². The number of ether oxygens (including phenoxy) is 1. The number of rotatable bonds is 4. The first-order chi connectivity index (χ1) is 9.20. The first-order valence-electron chi connectivity index (χ1n) is 6.08. The van der Waals surface area contributed by atoms with E-state index in [1.54, 1.807) is 12.1 Å². The number of hydrogen-bond donors (Lipinski definition) is 3. The highest BCUT2D eigenvalue weighted by molar-refractivity contribution is 5.95. The van der Waals surface area contributed by atoms with E-state index in [1.165, 1.54) is 0 Å². The second-order valence-corrected chi connectivity index (χ2v) is 4.21. The van der Waals surface area contributed by atoms with Crippen LogP contribution < -0.4 is 16.0 Å². The minimum Gasteiger partial charge on any atom is -0.486 e. The van der Waals surface area contributed by atoms with Crippen molar-refractivity contribution in [3.05, 3.63) is 65.7 Å². The number of hydrazine groups is 1. The van der Waals surface area contributed by atoms with Crippen molar-refractivity contribution in [2.75, 3.05) is 0 Å². The lowest BCUT2D eigenvalue weighted by molar-refractivity contribution is 0.227. The fourth-order valence-corrected chi connectivity index (χ4v) is 1.78. The number of hydrogen-bond acceptors (Lipinski definition) is 3. The lowest BCUT2D eigenvalue weighted by atomic mass is 10.1. The van der Waals surface area contributed by atoms with Crippen molar-refractivity contribution in [1.82, 2.24) is 5.43 Å². The maximum absolute atomic E-state index is 7.55. The average Bonchev–Trinajstić information content (AvgIpc) is 2.48. The molecule has 0 aromatic heterocycles. The molecule has 1 unspecified atom stereocenters. The van der Waals surface area contributed by atoms with E-state index in [9.17, 15) is 0 Å². The molecule has 1 atom stereocenters. The Bertz CT molecular complexity index is 537. The Labute approximate surface area is 112 Å². The van der Waals surface area contributed by atoms with Gasteiger partial charge in [-0.3, -0.25) is 5.41 Å². The predicted octanol–water partition coefficient (Wildman–Crippen LogP) is 2.62. The number of amidine groups is 1. The Morgan fingerprint density at radius 1 is 1.11 bits per heavy atom. The van der Waals surface area contributed by atoms with Crippen LogP contribution in [-0.4, -0.2) is 5.84 Å². The van der Waals surface area contributed by atoms with E-state index >= 15 is 0 Å². The highest BCUT2D eigenvalue weighted by Gasteiger charge is 2.07. The van der Waals surface area contributed by atoms with Crippen LogP contribution in [0.5, 0.6) is 5.75 Å². The van der Waals surface area contributed by atoms with E-state index in [1.807, 2.05) is 49.4 Å². The molecule has 19 heavy (non-hydrogen) atoms. The second-order valence-electron chi connectivity index (χ2n) is 4.21. The second kappa shape index (κ2) is 6.02. The molecule has 98 valence electrons. The number of nitrogens with one attached hydrogen (secondary N) is 2. The minimum atomic E-state index is -0.0147. The van der Waals surface area contributed by atoms with Gasteiger partial charge in [0, 0.05) is 5.56 Å². The summed E-state index contributed by atoms with van der Waals surface area (Å²) in [6.07, 6.45) is -0.0147. The highest BCUT2D eigenvalue weighted by atomic mass is 16.5. The lowest BCUT2D eigenvalue weighted by Gasteiger charge is -2.15. The van der Waals surface area contributed by atoms with Gasteiger partial charge >= 0.3 is 0 Å². The van der Waals surface area contributed by atoms with Crippen LogP contribution in [0.1, 0.15) is 24.2 Å². The monoisotopic (exact) mass is 255 g/mol. The standard InChI is InChI=1S/C15H17N3O/c1-11(12-5-3-2-4-6-12)19-14-9-7-13(8-10-14)15(16)18-17/h2-11H,17H2,1H3,(H2,16,18). The third-order valence-electron chi connectivity index (χ3n) is 2.87. The molecule has 0 saturated carbocycles. The molecule has 4 heteroatoms. The van der Waals surface area contributed by atoms with Gasteiger partial charge in [0.05, 0.1) is 0 Å². The van der Waals surface area contributed by atoms with Gasteiger partial charge in [-0.1, -0.05) is 30.3 Å². The normalized spacial score (nSPS) is 11.7. The average molecular weight is 255 g/mol. The quantitative estimate of drug-likeness (QED) is 0.340. The molecule has 0 fully saturated rings. The zero-order valence-electron chi connectivity index (χ0n) is 10.8. The molecule has 0 aliphatic carbocycles. The molecule has 2 rings (SSSR count). The van der Waals surface area contributed by atoms with Crippen LogP contribution >= 0.6 is 0 Å². The predicted molar refractivity (Wildman–Crippen MR) is 76.1 cm³/mol. The van der Waals surface area contributed by atoms with Crippen LogP contribution in [0.25, 0.3) is 0 Å². The zero-order valence-corrected chi connectivity index (χ0v) is 10.8. The first-order valence-corrected chi connectivity index (χ1v) is 6.08. The van der Waals surface area contributed by atoms with Gasteiger partial charge in [0.2, 0.25) is 0 Å². The van der Waals surface area contributed by atoms with Gasteiger partial charge in [-0.2, -0.15) is 0 Å². The van der Waals surface area contributed by atoms with Crippen molar-refractivity contribution in [1.29, 1.82) is 5.41 Å². The maximum Gasteiger partial charge on any atom is 0.139 e. The molecule has 2 aromatic carbocycles. The van der Waals surface area contributed by atoms with Crippen molar-refractivity contribution in [2.24, 2.45) is 5.84 Å². The fourth-order valence-electron chi connectivity index (χ4n) is 1.78. The largest absolute Gasteiger partial charge is 0.486 e. The number of nitrogens with two attached hydrogens (primary N) is 1. The molecular weight excluding hydrogens is 238 g/mol. The molecule has 0 radical (unpaired) electrons. The Balaban J connectivity index is 2.06. The molecule has 0 bridgehead atoms. The molecule has 0 spiro atoms. The number of benzene rings is 2. The summed E-state index contributed by atoms with van der Waals surface area (Å²) in [6, 6.07) is 17.3. The maximum atomic E-state index is 7.55. The van der Waals surface area contributed by atoms with Crippen molar-refractivity contribution in [2.45, 2.75) is 13.0 Å². The third kappa shape index (κ3) is 3.33. The van der Waals surface area contributed by atoms with Gasteiger partial charge in [-0.25, -0.2) is 5.84 Å². The van der Waals surface area contributed by atoms with Crippen molar-refractivity contribution < 1.29 is 4.74 Å². The summed E-state index contributed by atoms with van der Waals surface area (Å²) < 4.78 is 5.85. The van der Waals surface area contributed by atoms with Crippen LogP contribution in [0, 0.1) is 5.41 Å². The SMILES string of the molecule is CC(Oc1ccc(C(=N)NN)cc1)c1ccccc1. The molecule has 0 amide bonds. The van der Waals surface area contributed by atoms with Crippen molar-refractivity contribution in [3.8, 4) is 5.75 Å². The van der Waals surface area contributed by atoms with Gasteiger partial charge in [0.1, 0.15) is 17.7 Å². The van der Waals surface area contributed by atoms with Crippen LogP contribution in [0.4, 0.5) is 0 Å². The molecule has 0 aliphatic heterocycles. The Morgan fingerprint density at radius 2 is 1.74 bits per heavy atom. The summed E-state index contributed by atoms with van der Waals surface area (Å²) in [5.41, 5.74) is 4.16. The summed E-state index contributed by atoms with van der Waals surface area (Å²) in [5, 5.41) is 7.55. The lowest BCUT2D eigenvalue weighted by Crippen LogP contribution is -2.29. The van der Waals surface area contributed by atoms with Crippen LogP contribution in [0.3, 0.4) is 0 Å². The Kier molecular flexibility index (Phi) is 4.15. The zero-order chi connectivity index (χ0) is 13.7. The van der Waals surface area contributed by atoms with Crippen LogP contribution in [0.2, 0.25) is 0 Å². The van der Waals surface area contributed by atoms with E-state index in [-0.39, 0.29) is 11.9 Å². The molecule has 0 heterocycles. The van der Waals surface area contributed by atoms with E-state index in [0.717, 1.165) is 16.9 Å². The highest BCUT2D eigenvalue weighted by Crippen LogP contribution is 2.21. The molecule has 0 saturated heterocycles. The van der Waals surface area contributed by atoms with Gasteiger partial charge in [-0.05, 0) is 36.8 Å². The summed E-state index contributed by atoms with van der Waals surface area (Å²) in [6.45, 7) is 2.01. The van der Waals surface area contributed by atoms with Crippen molar-refractivity contribution in [3.63, 3.8) is 0 Å². The van der Waals surface area contributed by atoms with Gasteiger partial charge in [0.25, 0.3) is 0 Å². The first kappa shape index (κ1) is 13.1. The molecule has 0 aliphatic rings. The molecule has 4 N–H and O–H groups in total. The van der Waals surface area contributed by atoms with E-state index < -0.39 is 0 Å². The van der Waals surface area contributed by atoms with Crippen LogP contribution in [-0.2, 0) is 0 Å². The summed E-state index contributed by atoms with van der Waals surface area (Å²) in [4.78, 5) is 0. The van der Waals surface area contributed by atoms with Gasteiger partial charge in [0.15, 0.2) is 0 Å². The Hall–Kier alpha value is -2.33. The molecular formula is C15H17N3O. The van der Waals surface area contributed by atoms with E-state index in [2.05, 4.69) is 5.43 Å². The smallest absolute Gasteiger partial charge is 0.139 e. The van der Waals surface area contributed by atoms with E-state index in [0.29, 0.717) is 0 Å². The summed E-state index contributed by atoms with van der Waals surface area (Å²) in [7, 11) is 0. The summed E-state index contributed by atoms with van der Waals surface area (Å²) >= 11 is 0. The topological polar surface area (TPSA) is 71.1 Å². The Morgan fingerprint density at radius 3 is 2.32 bits per heavy atom. The summed E-state index contributed by atoms with van der Waals surface area (Å²) in [5.74, 6) is 6.14. The molecule has 2 aromatic rings. The van der Waals surface area contributed by atoms with Crippen LogP contribution in [0.15, 0.2) is 54.6 Å². The van der Waals surface area contributed by atoms with Gasteiger partial charge < -0.3 is 10.2 Å². The molecule has 4 nitrogen and oxygen atoms in total. The third-order valence-corrected chi connectivity index (χ3v) is 2.87. The minimum absolute atomic E-state index is 0.0147. The van der Waals surface area contributed by atoms with Crippen molar-refractivity contribution >= 4 is 5.84 Å². The van der Waals surface area contributed by atoms with E-state index in [4.69, 9.17) is 16.0 Å². The fraction of sp³-hybridized carbons (Fsp3) is 0.133.